The van der Waals surface area contributed by atoms with E-state index in [2.05, 4.69) is 26.0 Å². The minimum absolute atomic E-state index is 0.336. The average Bonchev–Trinajstić information content (AvgIpc) is 2.28. The van der Waals surface area contributed by atoms with Gasteiger partial charge < -0.3 is 4.90 Å². The first-order valence-electron chi connectivity index (χ1n) is 5.33. The number of carbonyl (C=O) groups is 2. The molecule has 0 radical (unpaired) electrons. The fourth-order valence-electron chi connectivity index (χ4n) is 1.45. The first-order chi connectivity index (χ1) is 7.54. The van der Waals surface area contributed by atoms with Crippen molar-refractivity contribution in [1.82, 2.24) is 4.90 Å². The van der Waals surface area contributed by atoms with Crippen LogP contribution in [-0.2, 0) is 16.1 Å². The van der Waals surface area contributed by atoms with Gasteiger partial charge in [0, 0.05) is 13.6 Å². The van der Waals surface area contributed by atoms with E-state index in [1.165, 1.54) is 10.5 Å². The predicted molar refractivity (Wildman–Crippen MR) is 63.1 cm³/mol. The van der Waals surface area contributed by atoms with Gasteiger partial charge in [0.25, 0.3) is 5.91 Å². The second-order valence-electron chi connectivity index (χ2n) is 4.21. The molecule has 0 aliphatic rings. The zero-order chi connectivity index (χ0) is 12.1. The Bertz CT molecular complexity index is 368. The van der Waals surface area contributed by atoms with Gasteiger partial charge >= 0.3 is 0 Å². The van der Waals surface area contributed by atoms with Crippen molar-refractivity contribution in [1.29, 1.82) is 0 Å². The first-order valence-corrected chi connectivity index (χ1v) is 5.33. The molecule has 0 saturated carbocycles. The summed E-state index contributed by atoms with van der Waals surface area (Å²) in [4.78, 5) is 22.7. The topological polar surface area (TPSA) is 37.4 Å². The van der Waals surface area contributed by atoms with Gasteiger partial charge in [-0.15, -0.1) is 0 Å². The Balaban J connectivity index is 2.68. The molecule has 3 nitrogen and oxygen atoms in total. The Morgan fingerprint density at radius 1 is 1.31 bits per heavy atom. The second kappa shape index (κ2) is 5.45. The molecule has 86 valence electrons. The summed E-state index contributed by atoms with van der Waals surface area (Å²) in [5, 5.41) is 0. The number of benzene rings is 1. The fourth-order valence-corrected chi connectivity index (χ4v) is 1.45. The monoisotopic (exact) mass is 219 g/mol. The standard InChI is InChI=1S/C13H17NO2/c1-10(2)12-6-4-11(5-7-12)8-14(3)13(16)9-15/h4-7,9-10H,8H2,1-3H3. The molecule has 0 aliphatic carbocycles. The molecule has 1 aromatic carbocycles. The minimum atomic E-state index is -0.493. The number of carbonyl (C=O) groups excluding carboxylic acids is 2. The van der Waals surface area contributed by atoms with Gasteiger partial charge in [0.2, 0.25) is 6.29 Å². The van der Waals surface area contributed by atoms with E-state index in [1.54, 1.807) is 7.05 Å². The summed E-state index contributed by atoms with van der Waals surface area (Å²) in [6.07, 6.45) is 0.336. The Labute approximate surface area is 96.1 Å². The summed E-state index contributed by atoms with van der Waals surface area (Å²) in [6, 6.07) is 8.09. The van der Waals surface area contributed by atoms with Crippen LogP contribution in [0.2, 0.25) is 0 Å². The van der Waals surface area contributed by atoms with E-state index < -0.39 is 5.91 Å². The molecule has 0 saturated heterocycles. The van der Waals surface area contributed by atoms with Crippen molar-refractivity contribution < 1.29 is 9.59 Å². The first kappa shape index (κ1) is 12.4. The smallest absolute Gasteiger partial charge is 0.286 e. The van der Waals surface area contributed by atoms with Crippen LogP contribution < -0.4 is 0 Å². The average molecular weight is 219 g/mol. The predicted octanol–water partition coefficient (Wildman–Crippen LogP) is 1.97. The summed E-state index contributed by atoms with van der Waals surface area (Å²) in [5.41, 5.74) is 2.30. The molecule has 0 fully saturated rings. The van der Waals surface area contributed by atoms with E-state index >= 15 is 0 Å². The number of amides is 1. The molecule has 0 N–H and O–H groups in total. The van der Waals surface area contributed by atoms with Crippen LogP contribution in [0.4, 0.5) is 0 Å². The Kier molecular flexibility index (Phi) is 4.23. The lowest BCUT2D eigenvalue weighted by molar-refractivity contribution is -0.138. The number of likely N-dealkylation sites (N-methyl/N-ethyl adjacent to an activating group) is 1. The van der Waals surface area contributed by atoms with Gasteiger partial charge in [-0.2, -0.15) is 0 Å². The fraction of sp³-hybridized carbons (Fsp3) is 0.385. The van der Waals surface area contributed by atoms with Crippen LogP contribution in [0.15, 0.2) is 24.3 Å². The molecule has 0 bridgehead atoms. The summed E-state index contributed by atoms with van der Waals surface area (Å²) in [7, 11) is 1.62. The quantitative estimate of drug-likeness (QED) is 0.573. The largest absolute Gasteiger partial charge is 0.335 e. The molecular weight excluding hydrogens is 202 g/mol. The summed E-state index contributed by atoms with van der Waals surface area (Å²) in [5.74, 6) is 0.0105. The maximum Gasteiger partial charge on any atom is 0.286 e. The Hall–Kier alpha value is -1.64. The molecule has 0 atom stereocenters. The molecule has 0 unspecified atom stereocenters. The van der Waals surface area contributed by atoms with E-state index in [0.717, 1.165) is 5.56 Å². The lowest BCUT2D eigenvalue weighted by Gasteiger charge is -2.14. The Morgan fingerprint density at radius 3 is 2.31 bits per heavy atom. The maximum atomic E-state index is 11.0. The van der Waals surface area contributed by atoms with E-state index in [4.69, 9.17) is 0 Å². The van der Waals surface area contributed by atoms with Crippen molar-refractivity contribution in [2.24, 2.45) is 0 Å². The van der Waals surface area contributed by atoms with Crippen molar-refractivity contribution in [3.63, 3.8) is 0 Å². The van der Waals surface area contributed by atoms with Gasteiger partial charge in [0.15, 0.2) is 0 Å². The van der Waals surface area contributed by atoms with Gasteiger partial charge in [-0.25, -0.2) is 0 Å². The van der Waals surface area contributed by atoms with Crippen LogP contribution in [0.1, 0.15) is 30.9 Å². The van der Waals surface area contributed by atoms with E-state index in [0.29, 0.717) is 18.7 Å². The molecule has 0 heterocycles. The van der Waals surface area contributed by atoms with Crippen molar-refractivity contribution in [2.75, 3.05) is 7.05 Å². The third kappa shape index (κ3) is 3.19. The highest BCUT2D eigenvalue weighted by Gasteiger charge is 2.07. The highest BCUT2D eigenvalue weighted by molar-refractivity contribution is 6.23. The zero-order valence-corrected chi connectivity index (χ0v) is 9.93. The van der Waals surface area contributed by atoms with E-state index in [9.17, 15) is 9.59 Å². The van der Waals surface area contributed by atoms with Crippen LogP contribution >= 0.6 is 0 Å². The van der Waals surface area contributed by atoms with Crippen LogP contribution in [0.3, 0.4) is 0 Å². The van der Waals surface area contributed by atoms with Crippen molar-refractivity contribution >= 4 is 12.2 Å². The molecule has 3 heteroatoms. The van der Waals surface area contributed by atoms with Crippen LogP contribution in [-0.4, -0.2) is 24.1 Å². The van der Waals surface area contributed by atoms with Gasteiger partial charge in [-0.3, -0.25) is 9.59 Å². The third-order valence-corrected chi connectivity index (χ3v) is 2.54. The molecule has 1 amide bonds. The number of aldehydes is 1. The second-order valence-corrected chi connectivity index (χ2v) is 4.21. The van der Waals surface area contributed by atoms with Crippen molar-refractivity contribution in [3.05, 3.63) is 35.4 Å². The summed E-state index contributed by atoms with van der Waals surface area (Å²) < 4.78 is 0. The number of rotatable bonds is 4. The van der Waals surface area contributed by atoms with Crippen LogP contribution in [0, 0.1) is 0 Å². The molecule has 0 aromatic heterocycles. The van der Waals surface area contributed by atoms with Gasteiger partial charge in [-0.05, 0) is 17.0 Å². The maximum absolute atomic E-state index is 11.0. The molecule has 16 heavy (non-hydrogen) atoms. The molecule has 0 spiro atoms. The van der Waals surface area contributed by atoms with Crippen LogP contribution in [0.5, 0.6) is 0 Å². The minimum Gasteiger partial charge on any atom is -0.335 e. The number of nitrogens with zero attached hydrogens (tertiary/aromatic N) is 1. The normalized spacial score (nSPS) is 10.2. The van der Waals surface area contributed by atoms with Gasteiger partial charge in [0.1, 0.15) is 0 Å². The highest BCUT2D eigenvalue weighted by atomic mass is 16.2. The number of hydrogen-bond donors (Lipinski definition) is 0. The summed E-state index contributed by atoms with van der Waals surface area (Å²) >= 11 is 0. The molecular formula is C13H17NO2. The van der Waals surface area contributed by atoms with Crippen molar-refractivity contribution in [3.8, 4) is 0 Å². The number of hydrogen-bond acceptors (Lipinski definition) is 2. The zero-order valence-electron chi connectivity index (χ0n) is 9.93. The lowest BCUT2D eigenvalue weighted by Crippen LogP contribution is -2.26. The Morgan fingerprint density at radius 2 is 1.88 bits per heavy atom. The van der Waals surface area contributed by atoms with Crippen molar-refractivity contribution in [2.45, 2.75) is 26.3 Å². The summed E-state index contributed by atoms with van der Waals surface area (Å²) in [6.45, 7) is 4.74. The van der Waals surface area contributed by atoms with Gasteiger partial charge in [-0.1, -0.05) is 38.1 Å². The van der Waals surface area contributed by atoms with E-state index in [1.807, 2.05) is 12.1 Å². The molecule has 0 aliphatic heterocycles. The highest BCUT2D eigenvalue weighted by Crippen LogP contribution is 2.15. The molecule has 1 aromatic rings. The van der Waals surface area contributed by atoms with Crippen LogP contribution in [0.25, 0.3) is 0 Å². The molecule has 1 rings (SSSR count). The van der Waals surface area contributed by atoms with Gasteiger partial charge in [0.05, 0.1) is 0 Å². The lowest BCUT2D eigenvalue weighted by atomic mass is 10.0. The third-order valence-electron chi connectivity index (χ3n) is 2.54. The van der Waals surface area contributed by atoms with E-state index in [-0.39, 0.29) is 0 Å². The SMILES string of the molecule is CC(C)c1ccc(CN(C)C(=O)C=O)cc1.